The minimum atomic E-state index is -0.302. The first-order valence-electron chi connectivity index (χ1n) is 9.04. The third-order valence-electron chi connectivity index (χ3n) is 4.45. The van der Waals surface area contributed by atoms with Gasteiger partial charge in [0.1, 0.15) is 5.82 Å². The van der Waals surface area contributed by atoms with Gasteiger partial charge in [-0.3, -0.25) is 4.79 Å². The van der Waals surface area contributed by atoms with Crippen molar-refractivity contribution in [3.05, 3.63) is 59.5 Å². The van der Waals surface area contributed by atoms with Crippen LogP contribution in [0.1, 0.15) is 35.2 Å². The molecule has 6 heteroatoms. The predicted molar refractivity (Wildman–Crippen MR) is 103 cm³/mol. The molecule has 1 aliphatic heterocycles. The Morgan fingerprint density at radius 2 is 2.04 bits per heavy atom. The Bertz CT molecular complexity index is 717. The number of pyridine rings is 1. The summed E-state index contributed by atoms with van der Waals surface area (Å²) in [4.78, 5) is 19.1. The van der Waals surface area contributed by atoms with Crippen molar-refractivity contribution < 1.29 is 9.18 Å². The lowest BCUT2D eigenvalue weighted by Crippen LogP contribution is -2.31. The molecule has 1 aromatic carbocycles. The molecule has 1 aromatic heterocycles. The average Bonchev–Trinajstić information content (AvgIpc) is 2.68. The topological polar surface area (TPSA) is 45.2 Å². The third kappa shape index (κ3) is 5.81. The van der Waals surface area contributed by atoms with E-state index in [2.05, 4.69) is 15.2 Å². The largest absolute Gasteiger partial charge is 0.348 e. The zero-order valence-corrected chi connectivity index (χ0v) is 15.6. The number of nitrogens with one attached hydrogen (secondary N) is 1. The van der Waals surface area contributed by atoms with Gasteiger partial charge in [-0.25, -0.2) is 9.37 Å². The van der Waals surface area contributed by atoms with Crippen LogP contribution in [0.4, 0.5) is 4.39 Å². The van der Waals surface area contributed by atoms with Gasteiger partial charge in [0, 0.05) is 25.0 Å². The van der Waals surface area contributed by atoms with Gasteiger partial charge in [-0.15, -0.1) is 11.8 Å². The molecule has 4 nitrogen and oxygen atoms in total. The number of halogens is 1. The molecule has 26 heavy (non-hydrogen) atoms. The Morgan fingerprint density at radius 1 is 1.19 bits per heavy atom. The highest BCUT2D eigenvalue weighted by Gasteiger charge is 2.10. The molecular formula is C20H24FN3OS. The number of thioether (sulfide) groups is 1. The second-order valence-corrected chi connectivity index (χ2v) is 7.56. The van der Waals surface area contributed by atoms with Crippen LogP contribution >= 0.6 is 11.8 Å². The number of piperidine rings is 1. The van der Waals surface area contributed by atoms with Crippen LogP contribution in [0, 0.1) is 5.82 Å². The van der Waals surface area contributed by atoms with Crippen LogP contribution in [-0.4, -0.2) is 41.2 Å². The van der Waals surface area contributed by atoms with Gasteiger partial charge in [0.2, 0.25) is 0 Å². The average molecular weight is 373 g/mol. The fraction of sp³-hybridized carbons (Fsp3) is 0.400. The standard InChI is InChI=1S/C20H24FN3OS/c21-18-6-4-5-16(13-18)14-23-20(25)17-7-8-19(22-15-17)26-12-11-24-9-2-1-3-10-24/h4-8,13,15H,1-3,9-12,14H2,(H,23,25). The van der Waals surface area contributed by atoms with Crippen molar-refractivity contribution in [2.75, 3.05) is 25.4 Å². The number of nitrogens with zero attached hydrogens (tertiary/aromatic N) is 2. The maximum absolute atomic E-state index is 13.2. The fourth-order valence-electron chi connectivity index (χ4n) is 2.99. The minimum Gasteiger partial charge on any atom is -0.348 e. The highest BCUT2D eigenvalue weighted by Crippen LogP contribution is 2.17. The molecule has 0 bridgehead atoms. The second kappa shape index (κ2) is 9.69. The SMILES string of the molecule is O=C(NCc1cccc(F)c1)c1ccc(SCCN2CCCCC2)nc1. The van der Waals surface area contributed by atoms with Gasteiger partial charge >= 0.3 is 0 Å². The van der Waals surface area contributed by atoms with Gasteiger partial charge in [0.05, 0.1) is 10.6 Å². The summed E-state index contributed by atoms with van der Waals surface area (Å²) in [7, 11) is 0. The zero-order chi connectivity index (χ0) is 18.2. The normalized spacial score (nSPS) is 15.0. The molecule has 1 amide bonds. The number of aromatic nitrogens is 1. The maximum atomic E-state index is 13.2. The van der Waals surface area contributed by atoms with Gasteiger partial charge in [-0.2, -0.15) is 0 Å². The number of hydrogen-bond acceptors (Lipinski definition) is 4. The van der Waals surface area contributed by atoms with Crippen molar-refractivity contribution in [2.45, 2.75) is 30.8 Å². The highest BCUT2D eigenvalue weighted by atomic mass is 32.2. The first-order chi connectivity index (χ1) is 12.7. The molecule has 0 aliphatic carbocycles. The van der Waals surface area contributed by atoms with Gasteiger partial charge in [0.25, 0.3) is 5.91 Å². The summed E-state index contributed by atoms with van der Waals surface area (Å²) >= 11 is 1.72. The fourth-order valence-corrected chi connectivity index (χ4v) is 3.84. The number of benzene rings is 1. The van der Waals surface area contributed by atoms with E-state index >= 15 is 0 Å². The zero-order valence-electron chi connectivity index (χ0n) is 14.8. The van der Waals surface area contributed by atoms with Crippen LogP contribution in [0.15, 0.2) is 47.6 Å². The summed E-state index contributed by atoms with van der Waals surface area (Å²) in [5, 5.41) is 3.72. The molecule has 1 saturated heterocycles. The van der Waals surface area contributed by atoms with Crippen molar-refractivity contribution in [2.24, 2.45) is 0 Å². The Morgan fingerprint density at radius 3 is 2.77 bits per heavy atom. The Balaban J connectivity index is 1.43. The van der Waals surface area contributed by atoms with Gasteiger partial charge in [0.15, 0.2) is 0 Å². The smallest absolute Gasteiger partial charge is 0.253 e. The van der Waals surface area contributed by atoms with Gasteiger partial charge < -0.3 is 10.2 Å². The Labute approximate surface area is 158 Å². The molecule has 0 unspecified atom stereocenters. The van der Waals surface area contributed by atoms with Crippen molar-refractivity contribution in [1.29, 1.82) is 0 Å². The molecule has 2 heterocycles. The van der Waals surface area contributed by atoms with E-state index in [9.17, 15) is 9.18 Å². The number of amides is 1. The quantitative estimate of drug-likeness (QED) is 0.751. The third-order valence-corrected chi connectivity index (χ3v) is 5.37. The summed E-state index contributed by atoms with van der Waals surface area (Å²) in [5.41, 5.74) is 1.25. The lowest BCUT2D eigenvalue weighted by atomic mass is 10.1. The molecule has 0 saturated carbocycles. The minimum absolute atomic E-state index is 0.202. The van der Waals surface area contributed by atoms with Crippen LogP contribution in [0.3, 0.4) is 0 Å². The number of carbonyl (C=O) groups excluding carboxylic acids is 1. The van der Waals surface area contributed by atoms with Crippen LogP contribution in [0.25, 0.3) is 0 Å². The molecule has 1 aliphatic rings. The van der Waals surface area contributed by atoms with E-state index in [0.717, 1.165) is 22.9 Å². The number of carbonyl (C=O) groups is 1. The van der Waals surface area contributed by atoms with E-state index < -0.39 is 0 Å². The number of hydrogen-bond donors (Lipinski definition) is 1. The van der Waals surface area contributed by atoms with E-state index in [1.807, 2.05) is 6.07 Å². The first kappa shape index (κ1) is 18.9. The first-order valence-corrected chi connectivity index (χ1v) is 10.0. The number of rotatable bonds is 7. The van der Waals surface area contributed by atoms with E-state index in [1.54, 1.807) is 36.2 Å². The molecule has 1 N–H and O–H groups in total. The molecule has 138 valence electrons. The van der Waals surface area contributed by atoms with Crippen LogP contribution in [0.2, 0.25) is 0 Å². The molecular weight excluding hydrogens is 349 g/mol. The van der Waals surface area contributed by atoms with Crippen molar-refractivity contribution in [1.82, 2.24) is 15.2 Å². The summed E-state index contributed by atoms with van der Waals surface area (Å²) in [6.45, 7) is 3.79. The molecule has 0 radical (unpaired) electrons. The molecule has 1 fully saturated rings. The van der Waals surface area contributed by atoms with E-state index in [1.165, 1.54) is 44.5 Å². The Hall–Kier alpha value is -1.92. The Kier molecular flexibility index (Phi) is 7.03. The van der Waals surface area contributed by atoms with Crippen molar-refractivity contribution in [3.63, 3.8) is 0 Å². The van der Waals surface area contributed by atoms with Crippen LogP contribution in [-0.2, 0) is 6.54 Å². The monoisotopic (exact) mass is 373 g/mol. The molecule has 3 rings (SSSR count). The van der Waals surface area contributed by atoms with Gasteiger partial charge in [-0.1, -0.05) is 18.6 Å². The molecule has 0 atom stereocenters. The maximum Gasteiger partial charge on any atom is 0.253 e. The van der Waals surface area contributed by atoms with Crippen molar-refractivity contribution >= 4 is 17.7 Å². The second-order valence-electron chi connectivity index (χ2n) is 6.45. The van der Waals surface area contributed by atoms with Crippen LogP contribution < -0.4 is 5.32 Å². The highest BCUT2D eigenvalue weighted by molar-refractivity contribution is 7.99. The lowest BCUT2D eigenvalue weighted by Gasteiger charge is -2.25. The summed E-state index contributed by atoms with van der Waals surface area (Å²) in [6.07, 6.45) is 5.57. The number of likely N-dealkylation sites (tertiary alicyclic amines) is 1. The summed E-state index contributed by atoms with van der Waals surface area (Å²) in [6, 6.07) is 9.89. The van der Waals surface area contributed by atoms with E-state index in [0.29, 0.717) is 12.1 Å². The summed E-state index contributed by atoms with van der Waals surface area (Å²) < 4.78 is 13.2. The molecule has 0 spiro atoms. The van der Waals surface area contributed by atoms with Gasteiger partial charge in [-0.05, 0) is 55.8 Å². The predicted octanol–water partition coefficient (Wildman–Crippen LogP) is 3.73. The summed E-state index contributed by atoms with van der Waals surface area (Å²) in [5.74, 6) is 0.508. The van der Waals surface area contributed by atoms with Crippen LogP contribution in [0.5, 0.6) is 0 Å². The van der Waals surface area contributed by atoms with E-state index in [-0.39, 0.29) is 11.7 Å². The van der Waals surface area contributed by atoms with E-state index in [4.69, 9.17) is 0 Å². The molecule has 2 aromatic rings. The lowest BCUT2D eigenvalue weighted by molar-refractivity contribution is 0.0950. The van der Waals surface area contributed by atoms with Crippen molar-refractivity contribution in [3.8, 4) is 0 Å².